The molecular weight excluding hydrogens is 512 g/mol. The molecule has 0 fully saturated rings. The predicted octanol–water partition coefficient (Wildman–Crippen LogP) is 9.31. The number of hydrogen-bond acceptors (Lipinski definition) is 3. The Morgan fingerprint density at radius 1 is 1.07 bits per heavy atom. The molecule has 0 saturated heterocycles. The minimum atomic E-state index is 0.135. The molecule has 4 heteroatoms. The minimum Gasteiger partial charge on any atom is -0.300 e. The van der Waals surface area contributed by atoms with Gasteiger partial charge in [-0.3, -0.25) is 15.2 Å². The monoisotopic (exact) mass is 548 g/mol. The topological polar surface area (TPSA) is 53.3 Å². The summed E-state index contributed by atoms with van der Waals surface area (Å²) in [5, 5.41) is 9.75. The molecule has 0 radical (unpaired) electrons. The van der Waals surface area contributed by atoms with Crippen LogP contribution in [0.25, 0.3) is 0 Å². The molecule has 3 nitrogen and oxygen atoms in total. The molecule has 40 heavy (non-hydrogen) atoms. The molecule has 2 unspecified atom stereocenters. The van der Waals surface area contributed by atoms with E-state index < -0.39 is 0 Å². The van der Waals surface area contributed by atoms with E-state index in [-0.39, 0.29) is 17.7 Å². The number of dihydropyridines is 1. The molecule has 1 N–H and O–H groups in total. The van der Waals surface area contributed by atoms with E-state index in [2.05, 4.69) is 50.8 Å². The molecule has 5 rings (SSSR count). The van der Waals surface area contributed by atoms with Crippen molar-refractivity contribution in [3.63, 3.8) is 0 Å². The maximum absolute atomic E-state index is 13.6. The number of benzene rings is 1. The number of allylic oxidation sites excluding steroid dienone is 12. The highest BCUT2D eigenvalue weighted by molar-refractivity contribution is 6.30. The van der Waals surface area contributed by atoms with Gasteiger partial charge in [0, 0.05) is 33.9 Å². The highest BCUT2D eigenvalue weighted by Gasteiger charge is 2.29. The number of carbonyl (C=O) groups excluding carboxylic acids is 1. The summed E-state index contributed by atoms with van der Waals surface area (Å²) < 4.78 is 0. The van der Waals surface area contributed by atoms with Crippen LogP contribution in [-0.4, -0.2) is 23.2 Å². The Bertz CT molecular complexity index is 1550. The van der Waals surface area contributed by atoms with E-state index in [9.17, 15) is 4.79 Å². The highest BCUT2D eigenvalue weighted by Crippen LogP contribution is 2.40. The van der Waals surface area contributed by atoms with Crippen LogP contribution in [0, 0.1) is 5.41 Å². The van der Waals surface area contributed by atoms with Gasteiger partial charge in [0.2, 0.25) is 0 Å². The third kappa shape index (κ3) is 5.82. The van der Waals surface area contributed by atoms with Crippen LogP contribution >= 0.6 is 11.6 Å². The lowest BCUT2D eigenvalue weighted by molar-refractivity contribution is -0.116. The van der Waals surface area contributed by atoms with Gasteiger partial charge in [-0.2, -0.15) is 0 Å². The summed E-state index contributed by atoms with van der Waals surface area (Å²) in [6.07, 6.45) is 17.4. The minimum absolute atomic E-state index is 0.135. The number of nitrogens with one attached hydrogen (secondary N) is 1. The van der Waals surface area contributed by atoms with E-state index >= 15 is 0 Å². The fraction of sp³-hybridized carbons (Fsp3) is 0.333. The van der Waals surface area contributed by atoms with E-state index in [0.717, 1.165) is 76.8 Å². The normalized spacial score (nSPS) is 22.0. The van der Waals surface area contributed by atoms with Gasteiger partial charge in [0.1, 0.15) is 0 Å². The molecule has 1 aromatic carbocycles. The Hall–Kier alpha value is -3.52. The van der Waals surface area contributed by atoms with Gasteiger partial charge in [0.05, 0.1) is 11.8 Å². The van der Waals surface area contributed by atoms with Crippen LogP contribution in [0.3, 0.4) is 0 Å². The lowest BCUT2D eigenvalue weighted by Gasteiger charge is -2.20. The summed E-state index contributed by atoms with van der Waals surface area (Å²) in [5.41, 5.74) is 14.5. The number of carbonyl (C=O) groups is 1. The smallest absolute Gasteiger partial charge is 0.159 e. The molecule has 0 aromatic heterocycles. The predicted molar refractivity (Wildman–Crippen MR) is 168 cm³/mol. The molecule has 3 aliphatic carbocycles. The molecule has 1 aromatic rings. The Labute approximate surface area is 243 Å². The maximum atomic E-state index is 13.6. The molecule has 204 valence electrons. The zero-order valence-electron chi connectivity index (χ0n) is 23.9. The van der Waals surface area contributed by atoms with Gasteiger partial charge >= 0.3 is 0 Å². The molecule has 2 atom stereocenters. The standard InChI is InChI=1S/C36H37ClN2O/c1-22-8-7-9-27(15-19-29(22)35(40)20-23(2)26-13-16-28(37)17-14-26)31-10-5-6-11-32-33(31)21-34(36(32)38)30-18-12-24(3)39-25(30)4/h5,9-11,13-14,16-18,21,23-24,38H,7-8,12,15,19-20H2,1-4H3. The van der Waals surface area contributed by atoms with Crippen LogP contribution in [0.5, 0.6) is 0 Å². The van der Waals surface area contributed by atoms with Crippen molar-refractivity contribution < 1.29 is 4.79 Å². The van der Waals surface area contributed by atoms with Crippen LogP contribution in [0.4, 0.5) is 0 Å². The summed E-state index contributed by atoms with van der Waals surface area (Å²) in [4.78, 5) is 18.3. The summed E-state index contributed by atoms with van der Waals surface area (Å²) in [5.74, 6) is 0.381. The molecule has 4 aliphatic rings. The van der Waals surface area contributed by atoms with Gasteiger partial charge in [0.25, 0.3) is 0 Å². The molecular formula is C36H37ClN2O. The lowest BCUT2D eigenvalue weighted by atomic mass is 9.84. The van der Waals surface area contributed by atoms with Gasteiger partial charge in [-0.05, 0) is 123 Å². The Morgan fingerprint density at radius 3 is 2.60 bits per heavy atom. The number of aliphatic imine (C=N–C) groups is 1. The van der Waals surface area contributed by atoms with Crippen LogP contribution in [-0.2, 0) is 4.79 Å². The lowest BCUT2D eigenvalue weighted by Crippen LogP contribution is -2.15. The first-order valence-corrected chi connectivity index (χ1v) is 14.7. The fourth-order valence-electron chi connectivity index (χ4n) is 6.11. The van der Waals surface area contributed by atoms with Crippen LogP contribution in [0.1, 0.15) is 77.7 Å². The molecule has 0 bridgehead atoms. The largest absolute Gasteiger partial charge is 0.300 e. The molecule has 0 spiro atoms. The average Bonchev–Trinajstić information content (AvgIpc) is 3.08. The molecule has 0 saturated carbocycles. The van der Waals surface area contributed by atoms with E-state index in [1.54, 1.807) is 0 Å². The fourth-order valence-corrected chi connectivity index (χ4v) is 6.23. The van der Waals surface area contributed by atoms with Gasteiger partial charge in [-0.1, -0.05) is 48.4 Å². The van der Waals surface area contributed by atoms with E-state index in [1.165, 1.54) is 11.1 Å². The number of halogens is 1. The third-order valence-electron chi connectivity index (χ3n) is 8.42. The van der Waals surface area contributed by atoms with Gasteiger partial charge < -0.3 is 0 Å². The second-order valence-electron chi connectivity index (χ2n) is 11.3. The highest BCUT2D eigenvalue weighted by atomic mass is 35.5. The van der Waals surface area contributed by atoms with Crippen molar-refractivity contribution in [3.05, 3.63) is 122 Å². The first-order chi connectivity index (χ1) is 19.2. The number of ketones is 1. The second kappa shape index (κ2) is 11.9. The van der Waals surface area contributed by atoms with E-state index in [1.807, 2.05) is 43.3 Å². The van der Waals surface area contributed by atoms with E-state index in [4.69, 9.17) is 22.0 Å². The van der Waals surface area contributed by atoms with Crippen molar-refractivity contribution >= 4 is 28.8 Å². The maximum Gasteiger partial charge on any atom is 0.159 e. The molecule has 1 heterocycles. The Kier molecular flexibility index (Phi) is 8.35. The van der Waals surface area contributed by atoms with Crippen molar-refractivity contribution in [3.8, 4) is 0 Å². The molecule has 1 aliphatic heterocycles. The van der Waals surface area contributed by atoms with Crippen LogP contribution < -0.4 is 0 Å². The summed E-state index contributed by atoms with van der Waals surface area (Å²) >= 11 is 6.07. The third-order valence-corrected chi connectivity index (χ3v) is 8.67. The van der Waals surface area contributed by atoms with Crippen molar-refractivity contribution in [1.82, 2.24) is 0 Å². The zero-order valence-corrected chi connectivity index (χ0v) is 24.7. The van der Waals surface area contributed by atoms with Crippen LogP contribution in [0.2, 0.25) is 5.02 Å². The van der Waals surface area contributed by atoms with Crippen molar-refractivity contribution in [2.75, 3.05) is 0 Å². The van der Waals surface area contributed by atoms with Crippen molar-refractivity contribution in [2.45, 2.75) is 78.2 Å². The number of Topliss-reactive ketones (excluding diaryl/α,β-unsaturated/α-hetero) is 1. The number of rotatable bonds is 6. The van der Waals surface area contributed by atoms with Crippen LogP contribution in [0.15, 0.2) is 116 Å². The number of nitrogens with zero attached hydrogens (tertiary/aromatic N) is 1. The van der Waals surface area contributed by atoms with Crippen molar-refractivity contribution in [1.29, 1.82) is 5.41 Å². The number of hydrogen-bond donors (Lipinski definition) is 1. The molecule has 0 amide bonds. The average molecular weight is 549 g/mol. The Balaban J connectivity index is 1.36. The van der Waals surface area contributed by atoms with Gasteiger partial charge in [-0.15, -0.1) is 5.73 Å². The summed E-state index contributed by atoms with van der Waals surface area (Å²) in [7, 11) is 0. The summed E-state index contributed by atoms with van der Waals surface area (Å²) in [6, 6.07) is 8.11. The summed E-state index contributed by atoms with van der Waals surface area (Å²) in [6.45, 7) is 8.40. The quantitative estimate of drug-likeness (QED) is 0.354. The van der Waals surface area contributed by atoms with Crippen molar-refractivity contribution in [2.24, 2.45) is 4.99 Å². The Morgan fingerprint density at radius 2 is 1.85 bits per heavy atom. The van der Waals surface area contributed by atoms with Gasteiger partial charge in [-0.25, -0.2) is 0 Å². The first-order valence-electron chi connectivity index (χ1n) is 14.3. The van der Waals surface area contributed by atoms with E-state index in [0.29, 0.717) is 17.2 Å². The zero-order chi connectivity index (χ0) is 28.4. The SMILES string of the molecule is CC1=NC(C)CC=C1C1=CC2=C(C=C=CC=C2C2=CCCC(C)=C(C(=O)CC(C)c3ccc(Cl)cc3)CC2)C1=N. The van der Waals surface area contributed by atoms with Gasteiger partial charge in [0.15, 0.2) is 5.78 Å². The second-order valence-corrected chi connectivity index (χ2v) is 11.8. The first kappa shape index (κ1) is 28.0.